The summed E-state index contributed by atoms with van der Waals surface area (Å²) in [6, 6.07) is 8.70. The number of nitrogens with one attached hydrogen (secondary N) is 2. The van der Waals surface area contributed by atoms with E-state index in [1.54, 1.807) is 6.92 Å². The Labute approximate surface area is 193 Å². The van der Waals surface area contributed by atoms with E-state index in [-0.39, 0.29) is 11.2 Å². The van der Waals surface area contributed by atoms with Gasteiger partial charge in [0.15, 0.2) is 0 Å². The molecule has 4 aliphatic carbocycles. The molecule has 1 aromatic rings. The van der Waals surface area contributed by atoms with Crippen molar-refractivity contribution in [2.24, 2.45) is 17.3 Å². The van der Waals surface area contributed by atoms with Crippen molar-refractivity contribution in [3.05, 3.63) is 24.3 Å². The zero-order valence-electron chi connectivity index (χ0n) is 19.5. The highest BCUT2D eigenvalue weighted by molar-refractivity contribution is 7.92. The predicted molar refractivity (Wildman–Crippen MR) is 129 cm³/mol. The van der Waals surface area contributed by atoms with Crippen LogP contribution in [0.3, 0.4) is 0 Å². The van der Waals surface area contributed by atoms with Gasteiger partial charge in [0, 0.05) is 30.9 Å². The molecule has 3 N–H and O–H groups in total. The van der Waals surface area contributed by atoms with Crippen molar-refractivity contribution < 1.29 is 13.5 Å². The Hall–Kier alpha value is -1.31. The van der Waals surface area contributed by atoms with Gasteiger partial charge in [-0.25, -0.2) is 8.42 Å². The SMILES string of the molecule is CCS(=O)(=O)Nc1cccc(N2CCC(N[C@H](C)C34C[C@H]5C[C@@H](CC(O)(C5)C3)C4)CC2)c1. The van der Waals surface area contributed by atoms with Crippen LogP contribution in [0.2, 0.25) is 0 Å². The van der Waals surface area contributed by atoms with Gasteiger partial charge in [-0.3, -0.25) is 4.72 Å². The van der Waals surface area contributed by atoms with Gasteiger partial charge in [0.25, 0.3) is 0 Å². The van der Waals surface area contributed by atoms with Crippen molar-refractivity contribution in [3.8, 4) is 0 Å². The second-order valence-electron chi connectivity index (χ2n) is 11.3. The molecule has 0 amide bonds. The lowest BCUT2D eigenvalue weighted by Gasteiger charge is -2.62. The minimum Gasteiger partial charge on any atom is -0.390 e. The van der Waals surface area contributed by atoms with Crippen molar-refractivity contribution in [1.82, 2.24) is 5.32 Å². The van der Waals surface area contributed by atoms with Gasteiger partial charge in [0.05, 0.1) is 17.0 Å². The van der Waals surface area contributed by atoms with Gasteiger partial charge < -0.3 is 15.3 Å². The summed E-state index contributed by atoms with van der Waals surface area (Å²) in [6.07, 6.45) is 9.14. The number of benzene rings is 1. The summed E-state index contributed by atoms with van der Waals surface area (Å²) in [5, 5.41) is 15.1. The maximum absolute atomic E-state index is 11.9. The first-order valence-electron chi connectivity index (χ1n) is 12.5. The molecule has 1 heterocycles. The van der Waals surface area contributed by atoms with Crippen LogP contribution in [-0.2, 0) is 10.0 Å². The van der Waals surface area contributed by atoms with Crippen molar-refractivity contribution in [2.45, 2.75) is 82.9 Å². The Kier molecular flexibility index (Phi) is 5.74. The summed E-state index contributed by atoms with van der Waals surface area (Å²) in [6.45, 7) is 5.95. The van der Waals surface area contributed by atoms with E-state index in [2.05, 4.69) is 27.9 Å². The molecule has 7 heteroatoms. The van der Waals surface area contributed by atoms with Crippen molar-refractivity contribution in [1.29, 1.82) is 0 Å². The van der Waals surface area contributed by atoms with E-state index in [1.807, 2.05) is 18.2 Å². The van der Waals surface area contributed by atoms with Crippen LogP contribution in [0.15, 0.2) is 24.3 Å². The Balaban J connectivity index is 1.18. The maximum atomic E-state index is 11.9. The summed E-state index contributed by atoms with van der Waals surface area (Å²) in [5.74, 6) is 1.53. The van der Waals surface area contributed by atoms with Gasteiger partial charge >= 0.3 is 0 Å². The third-order valence-corrected chi connectivity index (χ3v) is 10.1. The molecule has 0 unspecified atom stereocenters. The fourth-order valence-electron chi connectivity index (χ4n) is 7.64. The first-order valence-corrected chi connectivity index (χ1v) is 14.2. The van der Waals surface area contributed by atoms with Crippen LogP contribution >= 0.6 is 0 Å². The highest BCUT2D eigenvalue weighted by Crippen LogP contribution is 2.62. The molecule has 1 aromatic carbocycles. The van der Waals surface area contributed by atoms with E-state index in [9.17, 15) is 13.5 Å². The molecular formula is C25H39N3O3S. The Morgan fingerprint density at radius 3 is 2.47 bits per heavy atom. The number of sulfonamides is 1. The van der Waals surface area contributed by atoms with Gasteiger partial charge in [-0.1, -0.05) is 6.07 Å². The minimum atomic E-state index is -3.26. The lowest BCUT2D eigenvalue weighted by molar-refractivity contribution is -0.172. The molecule has 0 spiro atoms. The molecule has 4 saturated carbocycles. The normalized spacial score (nSPS) is 35.8. The molecule has 5 fully saturated rings. The van der Waals surface area contributed by atoms with Gasteiger partial charge in [-0.15, -0.1) is 0 Å². The zero-order chi connectivity index (χ0) is 22.6. The summed E-state index contributed by atoms with van der Waals surface area (Å²) < 4.78 is 26.5. The molecule has 4 bridgehead atoms. The monoisotopic (exact) mass is 461 g/mol. The molecule has 5 aliphatic rings. The van der Waals surface area contributed by atoms with Gasteiger partial charge in [-0.2, -0.15) is 0 Å². The first kappa shape index (κ1) is 22.5. The van der Waals surface area contributed by atoms with Crippen LogP contribution in [0.1, 0.15) is 65.2 Å². The third kappa shape index (κ3) is 4.40. The minimum absolute atomic E-state index is 0.0763. The number of rotatable bonds is 7. The second-order valence-corrected chi connectivity index (χ2v) is 13.3. The Bertz CT molecular complexity index is 928. The van der Waals surface area contributed by atoms with Crippen LogP contribution in [0, 0.1) is 17.3 Å². The number of hydrogen-bond donors (Lipinski definition) is 3. The fraction of sp³-hybridized carbons (Fsp3) is 0.760. The lowest BCUT2D eigenvalue weighted by Crippen LogP contribution is -2.62. The van der Waals surface area contributed by atoms with Crippen molar-refractivity contribution in [3.63, 3.8) is 0 Å². The highest BCUT2D eigenvalue weighted by atomic mass is 32.2. The molecular weight excluding hydrogens is 422 g/mol. The number of hydrogen-bond acceptors (Lipinski definition) is 5. The van der Waals surface area contributed by atoms with Crippen LogP contribution in [-0.4, -0.2) is 50.1 Å². The largest absolute Gasteiger partial charge is 0.390 e. The second kappa shape index (κ2) is 8.17. The van der Waals surface area contributed by atoms with Gasteiger partial charge in [-0.05, 0) is 101 Å². The molecule has 3 atom stereocenters. The number of nitrogens with zero attached hydrogens (tertiary/aromatic N) is 1. The lowest BCUT2D eigenvalue weighted by atomic mass is 9.46. The fourth-order valence-corrected chi connectivity index (χ4v) is 8.27. The zero-order valence-corrected chi connectivity index (χ0v) is 20.3. The molecule has 1 aliphatic heterocycles. The first-order chi connectivity index (χ1) is 15.2. The van der Waals surface area contributed by atoms with Gasteiger partial charge in [0.2, 0.25) is 10.0 Å². The summed E-state index contributed by atoms with van der Waals surface area (Å²) >= 11 is 0. The van der Waals surface area contributed by atoms with Gasteiger partial charge in [0.1, 0.15) is 0 Å². The van der Waals surface area contributed by atoms with Crippen LogP contribution in [0.25, 0.3) is 0 Å². The Morgan fingerprint density at radius 2 is 1.84 bits per heavy atom. The standard InChI is InChI=1S/C25H39N3O3S/c1-3-32(30,31)27-22-5-4-6-23(12-22)28-9-7-21(8-10-28)26-18(2)24-13-19-11-20(14-24)16-25(29,15-19)17-24/h4-6,12,18-21,26-27,29H,3,7-11,13-17H2,1-2H3/t18-,19-,20-,24?,25?/m1/s1. The van der Waals surface area contributed by atoms with Crippen LogP contribution in [0.4, 0.5) is 11.4 Å². The summed E-state index contributed by atoms with van der Waals surface area (Å²) in [7, 11) is -3.26. The van der Waals surface area contributed by atoms with Crippen LogP contribution < -0.4 is 14.9 Å². The molecule has 6 nitrogen and oxygen atoms in total. The Morgan fingerprint density at radius 1 is 1.16 bits per heavy atom. The molecule has 0 radical (unpaired) electrons. The number of aliphatic hydroxyl groups is 1. The maximum Gasteiger partial charge on any atom is 0.232 e. The molecule has 1 saturated heterocycles. The number of piperidine rings is 1. The van der Waals surface area contributed by atoms with E-state index in [0.29, 0.717) is 17.8 Å². The quantitative estimate of drug-likeness (QED) is 0.576. The van der Waals surface area contributed by atoms with E-state index >= 15 is 0 Å². The van der Waals surface area contributed by atoms with E-state index in [1.165, 1.54) is 19.3 Å². The summed E-state index contributed by atoms with van der Waals surface area (Å²) in [5.41, 5.74) is 1.60. The van der Waals surface area contributed by atoms with Crippen molar-refractivity contribution >= 4 is 21.4 Å². The molecule has 32 heavy (non-hydrogen) atoms. The van der Waals surface area contributed by atoms with E-state index in [0.717, 1.165) is 62.7 Å². The van der Waals surface area contributed by atoms with E-state index < -0.39 is 15.6 Å². The third-order valence-electron chi connectivity index (χ3n) is 8.84. The highest BCUT2D eigenvalue weighted by Gasteiger charge is 2.58. The smallest absolute Gasteiger partial charge is 0.232 e. The van der Waals surface area contributed by atoms with Crippen molar-refractivity contribution in [2.75, 3.05) is 28.5 Å². The van der Waals surface area contributed by atoms with Crippen LogP contribution in [0.5, 0.6) is 0 Å². The molecule has 178 valence electrons. The summed E-state index contributed by atoms with van der Waals surface area (Å²) in [4.78, 5) is 2.36. The molecule has 6 rings (SSSR count). The topological polar surface area (TPSA) is 81.7 Å². The van der Waals surface area contributed by atoms with E-state index in [4.69, 9.17) is 0 Å². The number of anilines is 2. The average Bonchev–Trinajstić information content (AvgIpc) is 2.72. The predicted octanol–water partition coefficient (Wildman–Crippen LogP) is 3.73. The molecule has 0 aromatic heterocycles. The average molecular weight is 462 g/mol.